The van der Waals surface area contributed by atoms with Gasteiger partial charge in [-0.15, -0.1) is 0 Å². The van der Waals surface area contributed by atoms with Crippen molar-refractivity contribution in [2.45, 2.75) is 25.7 Å². The van der Waals surface area contributed by atoms with Crippen molar-refractivity contribution in [3.8, 4) is 0 Å². The Kier molecular flexibility index (Phi) is 5.49. The average Bonchev–Trinajstić information content (AvgIpc) is 2.75. The van der Waals surface area contributed by atoms with Crippen LogP contribution in [0.4, 0.5) is 10.5 Å². The molecule has 1 N–H and O–H groups in total. The van der Waals surface area contributed by atoms with Crippen LogP contribution in [0.3, 0.4) is 0 Å². The van der Waals surface area contributed by atoms with E-state index in [1.807, 2.05) is 12.2 Å². The Bertz CT molecular complexity index is 752. The number of allylic oxidation sites excluding steroid dienone is 5. The molecular formula is C20H23ClN2O2. The minimum Gasteiger partial charge on any atom is -0.465 e. The van der Waals surface area contributed by atoms with Gasteiger partial charge in [-0.05, 0) is 49.0 Å². The molecule has 1 aromatic rings. The van der Waals surface area contributed by atoms with Crippen LogP contribution in [0, 0.1) is 0 Å². The minimum atomic E-state index is -0.878. The number of hydrogen-bond donors (Lipinski definition) is 1. The summed E-state index contributed by atoms with van der Waals surface area (Å²) in [5.74, 6) is 0. The topological polar surface area (TPSA) is 43.8 Å². The Balaban J connectivity index is 1.79. The summed E-state index contributed by atoms with van der Waals surface area (Å²) in [6.45, 7) is 1.39. The molecular weight excluding hydrogens is 336 g/mol. The van der Waals surface area contributed by atoms with Gasteiger partial charge in [-0.1, -0.05) is 42.0 Å². The number of unbranched alkanes of at least 4 members (excludes halogenated alkanes) is 1. The van der Waals surface area contributed by atoms with Crippen LogP contribution in [0.2, 0.25) is 0 Å². The van der Waals surface area contributed by atoms with Crippen molar-refractivity contribution in [1.82, 2.24) is 4.90 Å². The van der Waals surface area contributed by atoms with E-state index in [1.54, 1.807) is 7.05 Å². The van der Waals surface area contributed by atoms with Gasteiger partial charge >= 0.3 is 6.09 Å². The van der Waals surface area contributed by atoms with Crippen LogP contribution < -0.4 is 4.90 Å². The number of hydrogen-bond acceptors (Lipinski definition) is 2. The first-order valence-electron chi connectivity index (χ1n) is 8.62. The zero-order chi connectivity index (χ0) is 17.8. The molecule has 3 rings (SSSR count). The van der Waals surface area contributed by atoms with Crippen molar-refractivity contribution in [1.29, 1.82) is 0 Å². The maximum Gasteiger partial charge on any atom is 0.407 e. The highest BCUT2D eigenvalue weighted by atomic mass is 35.5. The summed E-state index contributed by atoms with van der Waals surface area (Å²) in [5.41, 5.74) is 5.01. The third-order valence-corrected chi connectivity index (χ3v) is 4.98. The number of rotatable bonds is 5. The number of fused-ring (bicyclic) bond motifs is 2. The molecule has 1 heterocycles. The molecule has 0 spiro atoms. The molecule has 0 unspecified atom stereocenters. The average molecular weight is 359 g/mol. The number of nitrogens with zero attached hydrogens (tertiary/aromatic N) is 2. The van der Waals surface area contributed by atoms with Crippen LogP contribution in [0.1, 0.15) is 24.8 Å². The molecule has 132 valence electrons. The van der Waals surface area contributed by atoms with Gasteiger partial charge in [-0.2, -0.15) is 0 Å². The molecule has 1 aliphatic carbocycles. The third-order valence-electron chi connectivity index (χ3n) is 4.71. The summed E-state index contributed by atoms with van der Waals surface area (Å²) in [6.07, 6.45) is 9.04. The lowest BCUT2D eigenvalue weighted by Gasteiger charge is -2.30. The van der Waals surface area contributed by atoms with Gasteiger partial charge in [0.15, 0.2) is 0 Å². The number of benzene rings is 1. The molecule has 0 atom stereocenters. The molecule has 25 heavy (non-hydrogen) atoms. The van der Waals surface area contributed by atoms with Crippen LogP contribution >= 0.6 is 11.6 Å². The number of para-hydroxylation sites is 1. The van der Waals surface area contributed by atoms with Gasteiger partial charge < -0.3 is 14.9 Å². The molecule has 1 amide bonds. The molecule has 0 radical (unpaired) electrons. The minimum absolute atomic E-state index is 0.549. The van der Waals surface area contributed by atoms with Crippen molar-refractivity contribution < 1.29 is 9.90 Å². The van der Waals surface area contributed by atoms with Crippen LogP contribution in [0.25, 0.3) is 0 Å². The van der Waals surface area contributed by atoms with E-state index >= 15 is 0 Å². The van der Waals surface area contributed by atoms with E-state index < -0.39 is 6.09 Å². The van der Waals surface area contributed by atoms with Crippen molar-refractivity contribution in [2.24, 2.45) is 0 Å². The largest absolute Gasteiger partial charge is 0.465 e. The lowest BCUT2D eigenvalue weighted by Crippen LogP contribution is -2.28. The molecule has 0 bridgehead atoms. The van der Waals surface area contributed by atoms with E-state index in [0.717, 1.165) is 37.3 Å². The summed E-state index contributed by atoms with van der Waals surface area (Å²) in [5, 5.41) is 9.74. The number of halogens is 1. The third kappa shape index (κ3) is 4.07. The number of carboxylic acid groups (broad SMARTS) is 1. The Labute approximate surface area is 153 Å². The molecule has 4 nitrogen and oxygen atoms in total. The smallest absolute Gasteiger partial charge is 0.407 e. The van der Waals surface area contributed by atoms with Crippen LogP contribution in [0.5, 0.6) is 0 Å². The van der Waals surface area contributed by atoms with E-state index in [9.17, 15) is 4.79 Å². The van der Waals surface area contributed by atoms with Gasteiger partial charge in [0.25, 0.3) is 0 Å². The highest BCUT2D eigenvalue weighted by Gasteiger charge is 2.23. The molecule has 2 aliphatic rings. The summed E-state index contributed by atoms with van der Waals surface area (Å²) >= 11 is 6.28. The van der Waals surface area contributed by atoms with Gasteiger partial charge in [0.1, 0.15) is 0 Å². The lowest BCUT2D eigenvalue weighted by atomic mass is 10.0. The monoisotopic (exact) mass is 358 g/mol. The summed E-state index contributed by atoms with van der Waals surface area (Å²) < 4.78 is 0. The van der Waals surface area contributed by atoms with Gasteiger partial charge in [0.2, 0.25) is 0 Å². The molecule has 0 aromatic heterocycles. The number of amides is 1. The predicted octanol–water partition coefficient (Wildman–Crippen LogP) is 4.78. The fraction of sp³-hybridized carbons (Fsp3) is 0.350. The van der Waals surface area contributed by atoms with Crippen molar-refractivity contribution in [3.63, 3.8) is 0 Å². The standard InChI is InChI=1S/C20H23ClN2O2/c1-22(20(24)25)12-4-5-13-23-18-7-3-2-6-15(18)8-9-16-10-11-17(21)14-19(16)23/h2-3,6-7,9,11,14H,4-5,8,10,12-13H2,1H3,(H,24,25). The Morgan fingerprint density at radius 2 is 2.04 bits per heavy atom. The normalized spacial score (nSPS) is 16.1. The van der Waals surface area contributed by atoms with E-state index in [-0.39, 0.29) is 0 Å². The maximum atomic E-state index is 10.9. The second-order valence-corrected chi connectivity index (χ2v) is 6.88. The van der Waals surface area contributed by atoms with Crippen molar-refractivity contribution >= 4 is 23.4 Å². The lowest BCUT2D eigenvalue weighted by molar-refractivity contribution is 0.155. The van der Waals surface area contributed by atoms with Crippen LogP contribution in [0.15, 0.2) is 58.8 Å². The van der Waals surface area contributed by atoms with E-state index in [2.05, 4.69) is 35.2 Å². The fourth-order valence-corrected chi connectivity index (χ4v) is 3.48. The number of carbonyl (C=O) groups is 1. The number of anilines is 1. The molecule has 1 aliphatic heterocycles. The van der Waals surface area contributed by atoms with Crippen molar-refractivity contribution in [3.05, 3.63) is 64.4 Å². The van der Waals surface area contributed by atoms with E-state index in [1.165, 1.54) is 27.4 Å². The molecule has 1 aromatic carbocycles. The van der Waals surface area contributed by atoms with Gasteiger partial charge in [-0.3, -0.25) is 0 Å². The zero-order valence-electron chi connectivity index (χ0n) is 14.4. The maximum absolute atomic E-state index is 10.9. The second-order valence-electron chi connectivity index (χ2n) is 6.45. The Hall–Kier alpha value is -2.20. The zero-order valence-corrected chi connectivity index (χ0v) is 15.2. The van der Waals surface area contributed by atoms with Gasteiger partial charge in [0, 0.05) is 36.6 Å². The first kappa shape index (κ1) is 17.6. The first-order valence-corrected chi connectivity index (χ1v) is 9.00. The van der Waals surface area contributed by atoms with E-state index in [0.29, 0.717) is 6.54 Å². The highest BCUT2D eigenvalue weighted by Crippen LogP contribution is 2.36. The molecule has 5 heteroatoms. The van der Waals surface area contributed by atoms with Crippen molar-refractivity contribution in [2.75, 3.05) is 25.0 Å². The van der Waals surface area contributed by atoms with E-state index in [4.69, 9.17) is 16.7 Å². The predicted molar refractivity (Wildman–Crippen MR) is 102 cm³/mol. The summed E-state index contributed by atoms with van der Waals surface area (Å²) in [6, 6.07) is 8.47. The summed E-state index contributed by atoms with van der Waals surface area (Å²) in [7, 11) is 1.61. The molecule has 0 fully saturated rings. The first-order chi connectivity index (χ1) is 12.1. The van der Waals surface area contributed by atoms with Crippen LogP contribution in [-0.2, 0) is 6.42 Å². The second kappa shape index (κ2) is 7.79. The summed E-state index contributed by atoms with van der Waals surface area (Å²) in [4.78, 5) is 14.6. The fourth-order valence-electron chi connectivity index (χ4n) is 3.30. The van der Waals surface area contributed by atoms with Gasteiger partial charge in [-0.25, -0.2) is 4.79 Å². The molecule has 0 saturated heterocycles. The van der Waals surface area contributed by atoms with Crippen LogP contribution in [-0.4, -0.2) is 36.2 Å². The Morgan fingerprint density at radius 3 is 2.84 bits per heavy atom. The molecule has 0 saturated carbocycles. The highest BCUT2D eigenvalue weighted by molar-refractivity contribution is 6.31. The Morgan fingerprint density at radius 1 is 1.24 bits per heavy atom. The van der Waals surface area contributed by atoms with Gasteiger partial charge in [0.05, 0.1) is 0 Å². The quantitative estimate of drug-likeness (QED) is 0.770. The SMILES string of the molecule is CN(CCCCN1C2=CC(Cl)=CCC2=CCc2ccccc21)C(=O)O.